The molecule has 0 spiro atoms. The van der Waals surface area contributed by atoms with E-state index in [4.69, 9.17) is 14.2 Å². The molecule has 1 saturated heterocycles. The zero-order chi connectivity index (χ0) is 24.1. The minimum Gasteiger partial charge on any atom is -0.493 e. The molecule has 9 nitrogen and oxygen atoms in total. The molecule has 1 aliphatic rings. The second-order valence-electron chi connectivity index (χ2n) is 7.81. The predicted octanol–water partition coefficient (Wildman–Crippen LogP) is 2.45. The van der Waals surface area contributed by atoms with Crippen molar-refractivity contribution in [1.82, 2.24) is 9.88 Å². The predicted molar refractivity (Wildman–Crippen MR) is 131 cm³/mol. The number of morpholine rings is 1. The van der Waals surface area contributed by atoms with Crippen LogP contribution < -0.4 is 14.4 Å². The van der Waals surface area contributed by atoms with Crippen LogP contribution >= 0.6 is 11.3 Å². The lowest BCUT2D eigenvalue weighted by Gasteiger charge is -2.29. The Labute approximate surface area is 202 Å². The molecule has 1 fully saturated rings. The Morgan fingerprint density at radius 3 is 2.59 bits per heavy atom. The van der Waals surface area contributed by atoms with E-state index in [2.05, 4.69) is 9.88 Å². The summed E-state index contributed by atoms with van der Waals surface area (Å²) in [6, 6.07) is 12.1. The second-order valence-corrected chi connectivity index (χ2v) is 10.8. The highest BCUT2D eigenvalue weighted by atomic mass is 32.2. The van der Waals surface area contributed by atoms with Gasteiger partial charge in [-0.2, -0.15) is 0 Å². The largest absolute Gasteiger partial charge is 0.493 e. The number of amides is 1. The molecule has 0 N–H and O–H groups in total. The maximum absolute atomic E-state index is 13.3. The fourth-order valence-corrected chi connectivity index (χ4v) is 5.61. The Bertz CT molecular complexity index is 1250. The van der Waals surface area contributed by atoms with E-state index in [9.17, 15) is 13.2 Å². The number of para-hydroxylation sites is 3. The van der Waals surface area contributed by atoms with E-state index in [1.165, 1.54) is 17.4 Å². The molecular weight excluding hydrogens is 478 g/mol. The van der Waals surface area contributed by atoms with Crippen LogP contribution in [0, 0.1) is 0 Å². The first-order chi connectivity index (χ1) is 16.4. The van der Waals surface area contributed by atoms with Gasteiger partial charge in [-0.15, -0.1) is 0 Å². The van der Waals surface area contributed by atoms with Crippen molar-refractivity contribution in [3.05, 3.63) is 42.5 Å². The minimum absolute atomic E-state index is 0.151. The molecule has 0 bridgehead atoms. The van der Waals surface area contributed by atoms with Crippen LogP contribution in [0.5, 0.6) is 11.5 Å². The van der Waals surface area contributed by atoms with E-state index in [0.29, 0.717) is 53.2 Å². The number of nitrogens with zero attached hydrogens (tertiary/aromatic N) is 3. The molecule has 1 aliphatic heterocycles. The molecule has 1 amide bonds. The summed E-state index contributed by atoms with van der Waals surface area (Å²) in [4.78, 5) is 21.8. The first kappa shape index (κ1) is 24.4. The molecule has 2 heterocycles. The first-order valence-corrected chi connectivity index (χ1v) is 13.5. The second kappa shape index (κ2) is 10.7. The molecule has 2 aromatic carbocycles. The Morgan fingerprint density at radius 1 is 1.15 bits per heavy atom. The van der Waals surface area contributed by atoms with E-state index in [-0.39, 0.29) is 17.4 Å². The van der Waals surface area contributed by atoms with Gasteiger partial charge in [-0.3, -0.25) is 14.6 Å². The number of carbonyl (C=O) groups is 1. The highest BCUT2D eigenvalue weighted by molar-refractivity contribution is 7.91. The number of fused-ring (bicyclic) bond motifs is 1. The Hall–Kier alpha value is -2.73. The quantitative estimate of drug-likeness (QED) is 0.437. The van der Waals surface area contributed by atoms with Gasteiger partial charge in [-0.05, 0) is 24.3 Å². The first-order valence-electron chi connectivity index (χ1n) is 10.8. The molecule has 0 saturated carbocycles. The van der Waals surface area contributed by atoms with Gasteiger partial charge in [0.25, 0.3) is 5.91 Å². The van der Waals surface area contributed by atoms with E-state index >= 15 is 0 Å². The van der Waals surface area contributed by atoms with Gasteiger partial charge in [-0.25, -0.2) is 13.4 Å². The summed E-state index contributed by atoms with van der Waals surface area (Å²) in [6.07, 6.45) is 1.16. The fourth-order valence-electron chi connectivity index (χ4n) is 3.67. The third-order valence-corrected chi connectivity index (χ3v) is 7.64. The van der Waals surface area contributed by atoms with Gasteiger partial charge in [0.15, 0.2) is 33.1 Å². The maximum Gasteiger partial charge on any atom is 0.266 e. The minimum atomic E-state index is -3.47. The van der Waals surface area contributed by atoms with Crippen LogP contribution in [-0.2, 0) is 19.4 Å². The number of aromatic nitrogens is 1. The van der Waals surface area contributed by atoms with Gasteiger partial charge in [0.2, 0.25) is 0 Å². The molecule has 4 rings (SSSR count). The molecular formula is C23H27N3O6S2. The molecule has 0 atom stereocenters. The van der Waals surface area contributed by atoms with Crippen LogP contribution in [0.3, 0.4) is 0 Å². The molecule has 0 unspecified atom stereocenters. The summed E-state index contributed by atoms with van der Waals surface area (Å²) in [5.41, 5.74) is 0.375. The number of methoxy groups -OCH3 is 1. The van der Waals surface area contributed by atoms with Gasteiger partial charge in [0.1, 0.15) is 5.52 Å². The van der Waals surface area contributed by atoms with E-state index in [1.807, 2.05) is 6.07 Å². The number of ether oxygens (including phenoxy) is 3. The Morgan fingerprint density at radius 2 is 1.88 bits per heavy atom. The van der Waals surface area contributed by atoms with E-state index < -0.39 is 9.84 Å². The number of sulfone groups is 1. The van der Waals surface area contributed by atoms with Crippen molar-refractivity contribution >= 4 is 42.4 Å². The number of anilines is 1. The average molecular weight is 506 g/mol. The van der Waals surface area contributed by atoms with Gasteiger partial charge < -0.3 is 14.2 Å². The number of hydrogen-bond donors (Lipinski definition) is 0. The van der Waals surface area contributed by atoms with Crippen molar-refractivity contribution in [3.63, 3.8) is 0 Å². The smallest absolute Gasteiger partial charge is 0.266 e. The molecule has 0 aliphatic carbocycles. The highest BCUT2D eigenvalue weighted by Crippen LogP contribution is 2.33. The number of carbonyl (C=O) groups excluding carboxylic acids is 1. The lowest BCUT2D eigenvalue weighted by molar-refractivity contribution is -0.120. The summed E-state index contributed by atoms with van der Waals surface area (Å²) < 4.78 is 41.7. The number of thiazole rings is 1. The van der Waals surface area contributed by atoms with Crippen LogP contribution in [0.4, 0.5) is 5.13 Å². The third-order valence-electron chi connectivity index (χ3n) is 5.47. The summed E-state index contributed by atoms with van der Waals surface area (Å²) >= 11 is 1.29. The van der Waals surface area contributed by atoms with E-state index in [0.717, 1.165) is 19.3 Å². The number of hydrogen-bond acceptors (Lipinski definition) is 9. The van der Waals surface area contributed by atoms with Crippen LogP contribution in [0.15, 0.2) is 47.4 Å². The average Bonchev–Trinajstić information content (AvgIpc) is 3.27. The van der Waals surface area contributed by atoms with Gasteiger partial charge >= 0.3 is 0 Å². The van der Waals surface area contributed by atoms with Crippen LogP contribution in [0.25, 0.3) is 10.2 Å². The van der Waals surface area contributed by atoms with Gasteiger partial charge in [0, 0.05) is 32.4 Å². The molecule has 3 aromatic rings. The lowest BCUT2D eigenvalue weighted by Crippen LogP contribution is -2.44. The standard InChI is InChI=1S/C23H27N3O6S2/c1-30-17-6-3-4-7-18(17)32-16-21(27)26(11-10-25-12-14-31-15-13-25)23-24-22-19(33-23)8-5-9-20(22)34(2,28)29/h3-9H,10-16H2,1-2H3. The van der Waals surface area contributed by atoms with Crippen LogP contribution in [0.1, 0.15) is 0 Å². The number of benzene rings is 2. The lowest BCUT2D eigenvalue weighted by atomic mass is 10.3. The summed E-state index contributed by atoms with van der Waals surface area (Å²) in [5, 5.41) is 0.438. The summed E-state index contributed by atoms with van der Waals surface area (Å²) in [5.74, 6) is 0.724. The molecule has 34 heavy (non-hydrogen) atoms. The highest BCUT2D eigenvalue weighted by Gasteiger charge is 2.24. The third kappa shape index (κ3) is 5.66. The van der Waals surface area contributed by atoms with Crippen molar-refractivity contribution in [1.29, 1.82) is 0 Å². The zero-order valence-corrected chi connectivity index (χ0v) is 20.7. The van der Waals surface area contributed by atoms with E-state index in [1.54, 1.807) is 42.3 Å². The molecule has 1 aromatic heterocycles. The Kier molecular flexibility index (Phi) is 7.67. The maximum atomic E-state index is 13.3. The topological polar surface area (TPSA) is 98.3 Å². The van der Waals surface area contributed by atoms with Crippen molar-refractivity contribution in [3.8, 4) is 11.5 Å². The Balaban J connectivity index is 1.60. The van der Waals surface area contributed by atoms with Crippen molar-refractivity contribution in [2.75, 3.05) is 64.3 Å². The summed E-state index contributed by atoms with van der Waals surface area (Å²) in [6.45, 7) is 3.71. The van der Waals surface area contributed by atoms with Gasteiger partial charge in [0.05, 0.1) is 29.9 Å². The van der Waals surface area contributed by atoms with Gasteiger partial charge in [-0.1, -0.05) is 29.5 Å². The number of rotatable bonds is 9. The monoisotopic (exact) mass is 505 g/mol. The van der Waals surface area contributed by atoms with Crippen molar-refractivity contribution < 1.29 is 27.4 Å². The fraction of sp³-hybridized carbons (Fsp3) is 0.391. The summed E-state index contributed by atoms with van der Waals surface area (Å²) in [7, 11) is -1.92. The van der Waals surface area contributed by atoms with Crippen molar-refractivity contribution in [2.24, 2.45) is 0 Å². The molecule has 11 heteroatoms. The molecule has 182 valence electrons. The SMILES string of the molecule is COc1ccccc1OCC(=O)N(CCN1CCOCC1)c1nc2c(S(C)(=O)=O)cccc2s1. The van der Waals surface area contributed by atoms with Crippen molar-refractivity contribution in [2.45, 2.75) is 4.90 Å². The van der Waals surface area contributed by atoms with Crippen LogP contribution in [0.2, 0.25) is 0 Å². The normalized spacial score (nSPS) is 14.8. The van der Waals surface area contributed by atoms with Crippen LogP contribution in [-0.4, -0.2) is 83.6 Å². The molecule has 0 radical (unpaired) electrons. The zero-order valence-electron chi connectivity index (χ0n) is 19.1.